The number of aliphatic carboxylic acids is 1. The van der Waals surface area contributed by atoms with E-state index in [-0.39, 0.29) is 12.4 Å². The Bertz CT molecular complexity index is 542. The van der Waals surface area contributed by atoms with Crippen molar-refractivity contribution in [2.75, 3.05) is 11.9 Å². The van der Waals surface area contributed by atoms with Gasteiger partial charge in [-0.1, -0.05) is 0 Å². The molecule has 1 aromatic heterocycles. The van der Waals surface area contributed by atoms with E-state index in [0.717, 1.165) is 0 Å². The van der Waals surface area contributed by atoms with Crippen LogP contribution >= 0.6 is 0 Å². The molecule has 2 N–H and O–H groups in total. The van der Waals surface area contributed by atoms with Crippen molar-refractivity contribution in [1.82, 2.24) is 4.98 Å². The maximum absolute atomic E-state index is 12.9. The summed E-state index contributed by atoms with van der Waals surface area (Å²) in [5, 5.41) is 12.0. The van der Waals surface area contributed by atoms with Gasteiger partial charge in [-0.2, -0.15) is 0 Å². The second-order valence-electron chi connectivity index (χ2n) is 3.27. The lowest BCUT2D eigenvalue weighted by atomic mass is 10.2. The lowest BCUT2D eigenvalue weighted by molar-refractivity contribution is -0.134. The molecule has 0 fully saturated rings. The van der Waals surface area contributed by atoms with Gasteiger partial charge >= 0.3 is 5.97 Å². The van der Waals surface area contributed by atoms with Crippen molar-refractivity contribution in [1.29, 1.82) is 0 Å². The topological polar surface area (TPSA) is 62.2 Å². The highest BCUT2D eigenvalue weighted by Gasteiger charge is 2.04. The van der Waals surface area contributed by atoms with E-state index in [1.54, 1.807) is 12.1 Å². The predicted octanol–water partition coefficient (Wildman–Crippen LogP) is 1.87. The minimum atomic E-state index is -0.952. The summed E-state index contributed by atoms with van der Waals surface area (Å²) in [5.74, 6) is -1.32. The van der Waals surface area contributed by atoms with Gasteiger partial charge in [0.1, 0.15) is 12.4 Å². The normalized spacial score (nSPS) is 10.3. The molecular weight excluding hydrogens is 211 g/mol. The molecule has 0 saturated heterocycles. The maximum atomic E-state index is 12.9. The van der Waals surface area contributed by atoms with E-state index < -0.39 is 5.97 Å². The van der Waals surface area contributed by atoms with Crippen LogP contribution in [-0.2, 0) is 4.79 Å². The van der Waals surface area contributed by atoms with Gasteiger partial charge in [0.25, 0.3) is 0 Å². The van der Waals surface area contributed by atoms with Crippen LogP contribution in [-0.4, -0.2) is 22.6 Å². The van der Waals surface area contributed by atoms with Crippen LogP contribution in [0.1, 0.15) is 0 Å². The zero-order chi connectivity index (χ0) is 11.5. The molecule has 16 heavy (non-hydrogen) atoms. The van der Waals surface area contributed by atoms with Crippen LogP contribution < -0.4 is 5.32 Å². The Morgan fingerprint density at radius 2 is 2.25 bits per heavy atom. The summed E-state index contributed by atoms with van der Waals surface area (Å²) in [5.41, 5.74) is 1.13. The molecule has 1 aromatic carbocycles. The lowest BCUT2D eigenvalue weighted by Gasteiger charge is -2.06. The Kier molecular flexibility index (Phi) is 2.68. The Balaban J connectivity index is 2.41. The molecule has 0 atom stereocenters. The summed E-state index contributed by atoms with van der Waals surface area (Å²) in [4.78, 5) is 14.4. The average molecular weight is 220 g/mol. The first-order chi connectivity index (χ1) is 7.66. The molecule has 5 heteroatoms. The number of hydrogen-bond donors (Lipinski definition) is 2. The van der Waals surface area contributed by atoms with Gasteiger partial charge < -0.3 is 10.4 Å². The van der Waals surface area contributed by atoms with Crippen LogP contribution in [0.15, 0.2) is 30.5 Å². The smallest absolute Gasteiger partial charge is 0.322 e. The average Bonchev–Trinajstić information content (AvgIpc) is 2.25. The Morgan fingerprint density at radius 1 is 1.44 bits per heavy atom. The number of benzene rings is 1. The number of aromatic nitrogens is 1. The zero-order valence-electron chi connectivity index (χ0n) is 8.27. The second-order valence-corrected chi connectivity index (χ2v) is 3.27. The van der Waals surface area contributed by atoms with E-state index >= 15 is 0 Å². The van der Waals surface area contributed by atoms with Gasteiger partial charge in [0, 0.05) is 23.3 Å². The third-order valence-electron chi connectivity index (χ3n) is 2.13. The maximum Gasteiger partial charge on any atom is 0.322 e. The number of halogens is 1. The van der Waals surface area contributed by atoms with Gasteiger partial charge in [-0.05, 0) is 18.2 Å². The minimum absolute atomic E-state index is 0.184. The van der Waals surface area contributed by atoms with Crippen LogP contribution in [0.2, 0.25) is 0 Å². The van der Waals surface area contributed by atoms with Gasteiger partial charge in [0.05, 0.1) is 5.52 Å². The molecule has 0 aliphatic rings. The molecule has 0 radical (unpaired) electrons. The van der Waals surface area contributed by atoms with Crippen LogP contribution in [0.4, 0.5) is 10.1 Å². The fourth-order valence-corrected chi connectivity index (χ4v) is 1.45. The summed E-state index contributed by atoms with van der Waals surface area (Å²) < 4.78 is 12.9. The van der Waals surface area contributed by atoms with Crippen molar-refractivity contribution in [3.63, 3.8) is 0 Å². The van der Waals surface area contributed by atoms with Crippen LogP contribution in [0.5, 0.6) is 0 Å². The number of carboxylic acids is 1. The van der Waals surface area contributed by atoms with Crippen LogP contribution in [0, 0.1) is 5.82 Å². The van der Waals surface area contributed by atoms with Gasteiger partial charge in [-0.3, -0.25) is 9.78 Å². The Morgan fingerprint density at radius 3 is 3.00 bits per heavy atom. The minimum Gasteiger partial charge on any atom is -0.480 e. The van der Waals surface area contributed by atoms with Gasteiger partial charge in [0.2, 0.25) is 0 Å². The van der Waals surface area contributed by atoms with Crippen molar-refractivity contribution >= 4 is 22.6 Å². The molecule has 2 rings (SSSR count). The number of nitrogens with zero attached hydrogens (tertiary/aromatic N) is 1. The first kappa shape index (κ1) is 10.4. The standard InChI is InChI=1S/C11H9FN2O2/c12-7-1-2-8-9(14-6-11(15)16)3-4-13-10(8)5-7/h1-5H,6H2,(H,13,14)(H,15,16). The quantitative estimate of drug-likeness (QED) is 0.828. The SMILES string of the molecule is O=C(O)CNc1ccnc2cc(F)ccc12. The summed E-state index contributed by atoms with van der Waals surface area (Å²) in [6, 6.07) is 5.85. The molecule has 4 nitrogen and oxygen atoms in total. The van der Waals surface area contributed by atoms with Crippen molar-refractivity contribution in [2.24, 2.45) is 0 Å². The van der Waals surface area contributed by atoms with E-state index in [9.17, 15) is 9.18 Å². The van der Waals surface area contributed by atoms with Gasteiger partial charge in [-0.15, -0.1) is 0 Å². The number of rotatable bonds is 3. The molecule has 0 spiro atoms. The summed E-state index contributed by atoms with van der Waals surface area (Å²) in [6.45, 7) is -0.184. The molecule has 82 valence electrons. The van der Waals surface area contributed by atoms with E-state index in [1.165, 1.54) is 18.3 Å². The third-order valence-corrected chi connectivity index (χ3v) is 2.13. The van der Waals surface area contributed by atoms with Crippen LogP contribution in [0.3, 0.4) is 0 Å². The fourth-order valence-electron chi connectivity index (χ4n) is 1.45. The monoisotopic (exact) mass is 220 g/mol. The Labute approximate surface area is 90.7 Å². The predicted molar refractivity (Wildman–Crippen MR) is 57.8 cm³/mol. The largest absolute Gasteiger partial charge is 0.480 e. The third kappa shape index (κ3) is 2.08. The number of pyridine rings is 1. The molecule has 0 aliphatic carbocycles. The second kappa shape index (κ2) is 4.14. The molecule has 0 aliphatic heterocycles. The first-order valence-electron chi connectivity index (χ1n) is 4.67. The van der Waals surface area contributed by atoms with Crippen molar-refractivity contribution in [3.8, 4) is 0 Å². The molecule has 0 unspecified atom stereocenters. The summed E-state index contributed by atoms with van der Waals surface area (Å²) >= 11 is 0. The Hall–Kier alpha value is -2.17. The highest BCUT2D eigenvalue weighted by molar-refractivity contribution is 5.92. The summed E-state index contributed by atoms with van der Waals surface area (Å²) in [6.07, 6.45) is 1.51. The molecular formula is C11H9FN2O2. The van der Waals surface area contributed by atoms with Crippen molar-refractivity contribution in [3.05, 3.63) is 36.3 Å². The molecule has 0 amide bonds. The van der Waals surface area contributed by atoms with Gasteiger partial charge in [0.15, 0.2) is 0 Å². The van der Waals surface area contributed by atoms with E-state index in [0.29, 0.717) is 16.6 Å². The van der Waals surface area contributed by atoms with Crippen molar-refractivity contribution < 1.29 is 14.3 Å². The number of carboxylic acid groups (broad SMARTS) is 1. The van der Waals surface area contributed by atoms with E-state index in [4.69, 9.17) is 5.11 Å². The summed E-state index contributed by atoms with van der Waals surface area (Å²) in [7, 11) is 0. The highest BCUT2D eigenvalue weighted by atomic mass is 19.1. The number of fused-ring (bicyclic) bond motifs is 1. The molecule has 2 aromatic rings. The fraction of sp³-hybridized carbons (Fsp3) is 0.0909. The first-order valence-corrected chi connectivity index (χ1v) is 4.67. The van der Waals surface area contributed by atoms with Crippen molar-refractivity contribution in [2.45, 2.75) is 0 Å². The molecule has 1 heterocycles. The number of hydrogen-bond acceptors (Lipinski definition) is 3. The zero-order valence-corrected chi connectivity index (χ0v) is 8.27. The van der Waals surface area contributed by atoms with Gasteiger partial charge in [-0.25, -0.2) is 4.39 Å². The lowest BCUT2D eigenvalue weighted by Crippen LogP contribution is -2.12. The molecule has 0 bridgehead atoms. The van der Waals surface area contributed by atoms with Crippen LogP contribution in [0.25, 0.3) is 10.9 Å². The van der Waals surface area contributed by atoms with E-state index in [2.05, 4.69) is 10.3 Å². The van der Waals surface area contributed by atoms with E-state index in [1.807, 2.05) is 0 Å². The highest BCUT2D eigenvalue weighted by Crippen LogP contribution is 2.21. The number of nitrogens with one attached hydrogen (secondary N) is 1. The number of anilines is 1. The number of carbonyl (C=O) groups is 1. The molecule has 0 saturated carbocycles.